The van der Waals surface area contributed by atoms with E-state index in [0.717, 1.165) is 42.4 Å². The molecule has 2 amide bonds. The van der Waals surface area contributed by atoms with Gasteiger partial charge >= 0.3 is 0 Å². The van der Waals surface area contributed by atoms with Crippen molar-refractivity contribution in [3.63, 3.8) is 0 Å². The van der Waals surface area contributed by atoms with Crippen LogP contribution in [0.4, 0.5) is 0 Å². The molecule has 2 aliphatic rings. The predicted octanol–water partition coefficient (Wildman–Crippen LogP) is 3.39. The summed E-state index contributed by atoms with van der Waals surface area (Å²) in [6.07, 6.45) is 6.87. The number of rotatable bonds is 2. The molecule has 3 heteroatoms. The lowest BCUT2D eigenvalue weighted by atomic mass is 9.93. The highest BCUT2D eigenvalue weighted by Crippen LogP contribution is 2.33. The molecule has 0 spiro atoms. The summed E-state index contributed by atoms with van der Waals surface area (Å²) in [5, 5.41) is 0. The summed E-state index contributed by atoms with van der Waals surface area (Å²) in [6, 6.07) is 6.06. The van der Waals surface area contributed by atoms with E-state index in [1.807, 2.05) is 32.0 Å². The molecule has 21 heavy (non-hydrogen) atoms. The van der Waals surface area contributed by atoms with Gasteiger partial charge in [0, 0.05) is 12.1 Å². The number of nitrogens with zero attached hydrogens (tertiary/aromatic N) is 1. The van der Waals surface area contributed by atoms with E-state index >= 15 is 0 Å². The Bertz CT molecular complexity index is 604. The molecule has 3 rings (SSSR count). The van der Waals surface area contributed by atoms with Crippen molar-refractivity contribution in [2.24, 2.45) is 0 Å². The Morgan fingerprint density at radius 1 is 1.00 bits per heavy atom. The lowest BCUT2D eigenvalue weighted by Crippen LogP contribution is -2.41. The Morgan fingerprint density at radius 2 is 1.62 bits per heavy atom. The lowest BCUT2D eigenvalue weighted by Gasteiger charge is -2.29. The third-order valence-corrected chi connectivity index (χ3v) is 4.64. The molecule has 1 fully saturated rings. The van der Waals surface area contributed by atoms with Gasteiger partial charge in [-0.05, 0) is 43.4 Å². The second-order valence-electron chi connectivity index (χ2n) is 6.13. The van der Waals surface area contributed by atoms with Crippen LogP contribution in [0, 0.1) is 13.8 Å². The van der Waals surface area contributed by atoms with Crippen LogP contribution in [-0.4, -0.2) is 22.8 Å². The number of carbonyl (C=O) groups is 2. The molecule has 1 aliphatic heterocycles. The number of benzene rings is 1. The fourth-order valence-corrected chi connectivity index (χ4v) is 3.59. The third kappa shape index (κ3) is 2.41. The van der Waals surface area contributed by atoms with E-state index in [1.54, 1.807) is 0 Å². The number of amides is 2. The van der Waals surface area contributed by atoms with Crippen LogP contribution >= 0.6 is 0 Å². The van der Waals surface area contributed by atoms with Crippen LogP contribution in [0.15, 0.2) is 24.3 Å². The summed E-state index contributed by atoms with van der Waals surface area (Å²) >= 11 is 0. The second kappa shape index (κ2) is 5.47. The summed E-state index contributed by atoms with van der Waals surface area (Å²) in [5.41, 5.74) is 3.59. The second-order valence-corrected chi connectivity index (χ2v) is 6.13. The van der Waals surface area contributed by atoms with Gasteiger partial charge in [-0.25, -0.2) is 0 Å². The maximum atomic E-state index is 12.8. The van der Waals surface area contributed by atoms with Crippen LogP contribution in [0.3, 0.4) is 0 Å². The Balaban J connectivity index is 1.94. The van der Waals surface area contributed by atoms with Gasteiger partial charge in [0.15, 0.2) is 0 Å². The fraction of sp³-hybridized carbons (Fsp3) is 0.444. The molecular weight excluding hydrogens is 262 g/mol. The van der Waals surface area contributed by atoms with Gasteiger partial charge in [-0.15, -0.1) is 0 Å². The summed E-state index contributed by atoms with van der Waals surface area (Å²) in [5.74, 6) is -0.242. The highest BCUT2D eigenvalue weighted by atomic mass is 16.2. The summed E-state index contributed by atoms with van der Waals surface area (Å²) in [7, 11) is 0. The molecule has 1 aromatic carbocycles. The molecule has 1 saturated carbocycles. The smallest absolute Gasteiger partial charge is 0.261 e. The minimum atomic E-state index is -0.135. The third-order valence-electron chi connectivity index (χ3n) is 4.64. The molecule has 0 atom stereocenters. The largest absolute Gasteiger partial charge is 0.272 e. The molecule has 1 heterocycles. The average Bonchev–Trinajstić information content (AvgIpc) is 2.75. The van der Waals surface area contributed by atoms with Crippen molar-refractivity contribution in [3.8, 4) is 0 Å². The van der Waals surface area contributed by atoms with Crippen molar-refractivity contribution in [2.45, 2.75) is 52.0 Å². The Kier molecular flexibility index (Phi) is 3.66. The molecule has 3 nitrogen and oxygen atoms in total. The van der Waals surface area contributed by atoms with Crippen molar-refractivity contribution in [1.29, 1.82) is 0 Å². The molecule has 0 radical (unpaired) electrons. The Labute approximate surface area is 125 Å². The molecule has 1 aliphatic carbocycles. The molecule has 0 bridgehead atoms. The van der Waals surface area contributed by atoms with Gasteiger partial charge in [-0.3, -0.25) is 14.5 Å². The molecule has 1 aromatic rings. The maximum Gasteiger partial charge on any atom is 0.261 e. The first-order chi connectivity index (χ1) is 10.1. The number of hydrogen-bond acceptors (Lipinski definition) is 2. The van der Waals surface area contributed by atoms with E-state index in [-0.39, 0.29) is 17.9 Å². The normalized spacial score (nSPS) is 20.1. The highest BCUT2D eigenvalue weighted by molar-refractivity contribution is 6.34. The summed E-state index contributed by atoms with van der Waals surface area (Å²) in [4.78, 5) is 26.6. The van der Waals surface area contributed by atoms with E-state index in [1.165, 1.54) is 17.4 Å². The van der Waals surface area contributed by atoms with Gasteiger partial charge in [0.25, 0.3) is 11.8 Å². The van der Waals surface area contributed by atoms with Crippen LogP contribution in [0.2, 0.25) is 0 Å². The summed E-state index contributed by atoms with van der Waals surface area (Å²) in [6.45, 7) is 3.98. The van der Waals surface area contributed by atoms with E-state index in [0.29, 0.717) is 5.57 Å². The first-order valence-electron chi connectivity index (χ1n) is 7.75. The van der Waals surface area contributed by atoms with Crippen LogP contribution in [0.5, 0.6) is 0 Å². The molecule has 0 unspecified atom stereocenters. The number of carbonyl (C=O) groups excluding carboxylic acids is 2. The van der Waals surface area contributed by atoms with Crippen LogP contribution in [0.1, 0.15) is 48.8 Å². The Hall–Kier alpha value is -1.90. The van der Waals surface area contributed by atoms with Crippen LogP contribution in [0.25, 0.3) is 5.57 Å². The van der Waals surface area contributed by atoms with E-state index in [4.69, 9.17) is 0 Å². The van der Waals surface area contributed by atoms with Crippen LogP contribution in [-0.2, 0) is 9.59 Å². The van der Waals surface area contributed by atoms with Gasteiger partial charge in [0.2, 0.25) is 0 Å². The van der Waals surface area contributed by atoms with Gasteiger partial charge in [-0.2, -0.15) is 0 Å². The number of aryl methyl sites for hydroxylation is 2. The highest BCUT2D eigenvalue weighted by Gasteiger charge is 2.37. The number of imide groups is 1. The van der Waals surface area contributed by atoms with E-state index < -0.39 is 0 Å². The van der Waals surface area contributed by atoms with E-state index in [9.17, 15) is 9.59 Å². The first kappa shape index (κ1) is 14.1. The molecule has 0 N–H and O–H groups in total. The van der Waals surface area contributed by atoms with Gasteiger partial charge in [-0.1, -0.05) is 37.5 Å². The summed E-state index contributed by atoms with van der Waals surface area (Å²) < 4.78 is 0. The zero-order valence-electron chi connectivity index (χ0n) is 12.7. The first-order valence-corrected chi connectivity index (χ1v) is 7.75. The molecule has 110 valence electrons. The zero-order chi connectivity index (χ0) is 15.0. The monoisotopic (exact) mass is 283 g/mol. The van der Waals surface area contributed by atoms with Gasteiger partial charge in [0.1, 0.15) is 0 Å². The van der Waals surface area contributed by atoms with Crippen molar-refractivity contribution >= 4 is 17.4 Å². The van der Waals surface area contributed by atoms with Crippen molar-refractivity contribution < 1.29 is 9.59 Å². The van der Waals surface area contributed by atoms with E-state index in [2.05, 4.69) is 0 Å². The standard InChI is InChI=1S/C18H21NO2/c1-12-7-6-8-13(2)17(12)15-11-16(20)19(18(15)21)14-9-4-3-5-10-14/h6-8,11,14H,3-5,9-10H2,1-2H3. The fourth-order valence-electron chi connectivity index (χ4n) is 3.59. The topological polar surface area (TPSA) is 37.4 Å². The quantitative estimate of drug-likeness (QED) is 0.780. The molecule has 0 aromatic heterocycles. The average molecular weight is 283 g/mol. The minimum absolute atomic E-state index is 0.0943. The van der Waals surface area contributed by atoms with Crippen molar-refractivity contribution in [2.75, 3.05) is 0 Å². The predicted molar refractivity (Wildman–Crippen MR) is 82.6 cm³/mol. The zero-order valence-corrected chi connectivity index (χ0v) is 12.7. The maximum absolute atomic E-state index is 12.8. The Morgan fingerprint density at radius 3 is 2.24 bits per heavy atom. The minimum Gasteiger partial charge on any atom is -0.272 e. The van der Waals surface area contributed by atoms with Gasteiger partial charge in [0.05, 0.1) is 5.57 Å². The van der Waals surface area contributed by atoms with Gasteiger partial charge < -0.3 is 0 Å². The molecular formula is C18H21NO2. The number of hydrogen-bond donors (Lipinski definition) is 0. The van der Waals surface area contributed by atoms with Crippen LogP contribution < -0.4 is 0 Å². The van der Waals surface area contributed by atoms with Crippen molar-refractivity contribution in [1.82, 2.24) is 4.90 Å². The SMILES string of the molecule is Cc1cccc(C)c1C1=CC(=O)N(C2CCCCC2)C1=O. The lowest BCUT2D eigenvalue weighted by molar-refractivity contribution is -0.139. The molecule has 0 saturated heterocycles. The van der Waals surface area contributed by atoms with Crippen molar-refractivity contribution in [3.05, 3.63) is 41.0 Å².